The summed E-state index contributed by atoms with van der Waals surface area (Å²) >= 11 is 0. The molecular weight excluding hydrogens is 347 g/mol. The number of hydrogen-bond donors (Lipinski definition) is 2. The van der Waals surface area contributed by atoms with Crippen LogP contribution in [0.25, 0.3) is 0 Å². The number of rotatable bonds is 7. The molecule has 7 heteroatoms. The number of carbonyl (C=O) groups is 1. The van der Waals surface area contributed by atoms with Crippen molar-refractivity contribution in [3.63, 3.8) is 0 Å². The van der Waals surface area contributed by atoms with Crippen molar-refractivity contribution in [1.29, 1.82) is 0 Å². The van der Waals surface area contributed by atoms with E-state index in [1.54, 1.807) is 25.3 Å². The Balaban J connectivity index is 1.55. The summed E-state index contributed by atoms with van der Waals surface area (Å²) in [6, 6.07) is 16.9. The third kappa shape index (κ3) is 4.78. The largest absolute Gasteiger partial charge is 0.496 e. The van der Waals surface area contributed by atoms with Gasteiger partial charge < -0.3 is 15.4 Å². The molecule has 6 nitrogen and oxygen atoms in total. The maximum atomic E-state index is 13.6. The molecule has 2 N–H and O–H groups in total. The monoisotopic (exact) mass is 366 g/mol. The maximum Gasteiger partial charge on any atom is 0.276 e. The van der Waals surface area contributed by atoms with E-state index in [0.717, 1.165) is 17.7 Å². The molecule has 1 aromatic heterocycles. The Kier molecular flexibility index (Phi) is 5.94. The molecule has 1 amide bonds. The quantitative estimate of drug-likeness (QED) is 0.669. The molecule has 0 saturated heterocycles. The van der Waals surface area contributed by atoms with Gasteiger partial charge in [0.15, 0.2) is 5.69 Å². The highest BCUT2D eigenvalue weighted by atomic mass is 19.1. The van der Waals surface area contributed by atoms with Crippen molar-refractivity contribution in [3.8, 4) is 5.75 Å². The van der Waals surface area contributed by atoms with E-state index >= 15 is 0 Å². The minimum absolute atomic E-state index is 0.100. The Morgan fingerprint density at radius 3 is 2.56 bits per heavy atom. The summed E-state index contributed by atoms with van der Waals surface area (Å²) in [6.45, 7) is 0.635. The van der Waals surface area contributed by atoms with Gasteiger partial charge in [0.2, 0.25) is 0 Å². The first kappa shape index (κ1) is 18.3. The van der Waals surface area contributed by atoms with Gasteiger partial charge in [0.25, 0.3) is 5.91 Å². The van der Waals surface area contributed by atoms with Gasteiger partial charge in [-0.3, -0.25) is 4.79 Å². The van der Waals surface area contributed by atoms with Crippen molar-refractivity contribution >= 4 is 17.4 Å². The number of hydrogen-bond acceptors (Lipinski definition) is 5. The number of carbonyl (C=O) groups excluding carboxylic acids is 1. The number of para-hydroxylation sites is 2. The Bertz CT molecular complexity index is 916. The minimum Gasteiger partial charge on any atom is -0.496 e. The zero-order valence-electron chi connectivity index (χ0n) is 14.8. The maximum absolute atomic E-state index is 13.6. The Labute approximate surface area is 156 Å². The smallest absolute Gasteiger partial charge is 0.276 e. The first-order valence-electron chi connectivity index (χ1n) is 8.43. The van der Waals surface area contributed by atoms with Crippen molar-refractivity contribution in [1.82, 2.24) is 10.2 Å². The Morgan fingerprint density at radius 2 is 1.81 bits per heavy atom. The number of benzene rings is 2. The molecule has 0 unspecified atom stereocenters. The minimum atomic E-state index is -0.520. The van der Waals surface area contributed by atoms with Gasteiger partial charge in [-0.05, 0) is 42.3 Å². The first-order valence-corrected chi connectivity index (χ1v) is 8.43. The van der Waals surface area contributed by atoms with Crippen LogP contribution in [0.2, 0.25) is 0 Å². The molecule has 0 atom stereocenters. The molecule has 0 bridgehead atoms. The van der Waals surface area contributed by atoms with E-state index in [-0.39, 0.29) is 11.4 Å². The summed E-state index contributed by atoms with van der Waals surface area (Å²) in [5.74, 6) is 0.361. The van der Waals surface area contributed by atoms with E-state index in [2.05, 4.69) is 20.8 Å². The van der Waals surface area contributed by atoms with Crippen LogP contribution in [0, 0.1) is 5.82 Å². The van der Waals surface area contributed by atoms with E-state index in [0.29, 0.717) is 12.4 Å². The van der Waals surface area contributed by atoms with Gasteiger partial charge in [-0.1, -0.05) is 30.3 Å². The van der Waals surface area contributed by atoms with Gasteiger partial charge >= 0.3 is 0 Å². The van der Waals surface area contributed by atoms with Gasteiger partial charge in [0, 0.05) is 6.54 Å². The lowest BCUT2D eigenvalue weighted by atomic mass is 10.1. The first-order chi connectivity index (χ1) is 13.2. The molecule has 0 aliphatic carbocycles. The highest BCUT2D eigenvalue weighted by molar-refractivity contribution is 6.02. The molecule has 0 fully saturated rings. The van der Waals surface area contributed by atoms with E-state index < -0.39 is 11.7 Å². The summed E-state index contributed by atoms with van der Waals surface area (Å²) in [6.07, 6.45) is 0.751. The normalized spacial score (nSPS) is 10.3. The number of nitrogens with one attached hydrogen (secondary N) is 2. The fourth-order valence-electron chi connectivity index (χ4n) is 2.53. The lowest BCUT2D eigenvalue weighted by Gasteiger charge is -2.09. The summed E-state index contributed by atoms with van der Waals surface area (Å²) in [5, 5.41) is 13.5. The van der Waals surface area contributed by atoms with Crippen molar-refractivity contribution < 1.29 is 13.9 Å². The van der Waals surface area contributed by atoms with Crippen LogP contribution in [0.5, 0.6) is 5.75 Å². The molecule has 3 aromatic rings. The van der Waals surface area contributed by atoms with Gasteiger partial charge in [-0.15, -0.1) is 10.2 Å². The topological polar surface area (TPSA) is 76.1 Å². The second-order valence-corrected chi connectivity index (χ2v) is 5.73. The molecule has 3 rings (SSSR count). The molecule has 0 aliphatic heterocycles. The van der Waals surface area contributed by atoms with Crippen LogP contribution >= 0.6 is 0 Å². The molecule has 1 heterocycles. The number of ether oxygens (including phenoxy) is 1. The second-order valence-electron chi connectivity index (χ2n) is 5.73. The molecule has 0 saturated carbocycles. The number of anilines is 2. The standard InChI is InChI=1S/C20H19FN4O2/c1-27-18-9-5-2-6-14(18)12-13-22-19-11-10-17(24-25-19)20(26)23-16-8-4-3-7-15(16)21/h2-11H,12-13H2,1H3,(H,22,25)(H,23,26). The predicted octanol–water partition coefficient (Wildman–Crippen LogP) is 3.53. The number of aromatic nitrogens is 2. The average molecular weight is 366 g/mol. The van der Waals surface area contributed by atoms with Crippen molar-refractivity contribution in [2.24, 2.45) is 0 Å². The summed E-state index contributed by atoms with van der Waals surface area (Å²) in [5.41, 5.74) is 1.29. The fraction of sp³-hybridized carbons (Fsp3) is 0.150. The molecule has 2 aromatic carbocycles. The van der Waals surface area contributed by atoms with E-state index in [1.165, 1.54) is 18.2 Å². The lowest BCUT2D eigenvalue weighted by molar-refractivity contribution is 0.102. The number of amides is 1. The third-order valence-corrected chi connectivity index (χ3v) is 3.91. The number of halogens is 1. The molecule has 0 aliphatic rings. The van der Waals surface area contributed by atoms with Crippen LogP contribution in [0.3, 0.4) is 0 Å². The number of methoxy groups -OCH3 is 1. The molecular formula is C20H19FN4O2. The highest BCUT2D eigenvalue weighted by Gasteiger charge is 2.11. The number of nitrogens with zero attached hydrogens (tertiary/aromatic N) is 2. The molecule has 0 spiro atoms. The zero-order chi connectivity index (χ0) is 19.1. The van der Waals surface area contributed by atoms with E-state index in [1.807, 2.05) is 24.3 Å². The second kappa shape index (κ2) is 8.75. The summed E-state index contributed by atoms with van der Waals surface area (Å²) in [7, 11) is 1.64. The van der Waals surface area contributed by atoms with Crippen LogP contribution in [0.15, 0.2) is 60.7 Å². The summed E-state index contributed by atoms with van der Waals surface area (Å²) in [4.78, 5) is 12.1. The van der Waals surface area contributed by atoms with Crippen LogP contribution in [-0.2, 0) is 6.42 Å². The van der Waals surface area contributed by atoms with Crippen LogP contribution in [-0.4, -0.2) is 29.8 Å². The van der Waals surface area contributed by atoms with Gasteiger partial charge in [0.1, 0.15) is 17.4 Å². The lowest BCUT2D eigenvalue weighted by Crippen LogP contribution is -2.16. The van der Waals surface area contributed by atoms with Gasteiger partial charge in [-0.25, -0.2) is 4.39 Å². The molecule has 0 radical (unpaired) electrons. The van der Waals surface area contributed by atoms with Gasteiger partial charge in [-0.2, -0.15) is 0 Å². The van der Waals surface area contributed by atoms with Crippen molar-refractivity contribution in [3.05, 3.63) is 77.7 Å². The Hall–Kier alpha value is -3.48. The van der Waals surface area contributed by atoms with Crippen molar-refractivity contribution in [2.75, 3.05) is 24.3 Å². The molecule has 138 valence electrons. The highest BCUT2D eigenvalue weighted by Crippen LogP contribution is 2.18. The van der Waals surface area contributed by atoms with Crippen molar-refractivity contribution in [2.45, 2.75) is 6.42 Å². The molecule has 27 heavy (non-hydrogen) atoms. The van der Waals surface area contributed by atoms with E-state index in [9.17, 15) is 9.18 Å². The third-order valence-electron chi connectivity index (χ3n) is 3.91. The zero-order valence-corrected chi connectivity index (χ0v) is 14.8. The Morgan fingerprint density at radius 1 is 1.04 bits per heavy atom. The van der Waals surface area contributed by atoms with Crippen LogP contribution in [0.1, 0.15) is 16.1 Å². The predicted molar refractivity (Wildman–Crippen MR) is 102 cm³/mol. The SMILES string of the molecule is COc1ccccc1CCNc1ccc(C(=O)Nc2ccccc2F)nn1. The fourth-order valence-corrected chi connectivity index (χ4v) is 2.53. The average Bonchev–Trinajstić information content (AvgIpc) is 2.70. The summed E-state index contributed by atoms with van der Waals surface area (Å²) < 4.78 is 18.9. The van der Waals surface area contributed by atoms with Gasteiger partial charge in [0.05, 0.1) is 12.8 Å². The van der Waals surface area contributed by atoms with Crippen LogP contribution < -0.4 is 15.4 Å². The van der Waals surface area contributed by atoms with E-state index in [4.69, 9.17) is 4.74 Å². The van der Waals surface area contributed by atoms with Crippen LogP contribution in [0.4, 0.5) is 15.9 Å².